The first kappa shape index (κ1) is 17.5. The lowest BCUT2D eigenvalue weighted by Crippen LogP contribution is -2.31. The highest BCUT2D eigenvalue weighted by molar-refractivity contribution is 5.91. The summed E-state index contributed by atoms with van der Waals surface area (Å²) < 4.78 is 22.8. The van der Waals surface area contributed by atoms with Crippen LogP contribution < -0.4 is 10.1 Å². The molecule has 2 rings (SSSR count). The fourth-order valence-corrected chi connectivity index (χ4v) is 2.06. The molecule has 2 aromatic carbocycles. The van der Waals surface area contributed by atoms with E-state index in [0.717, 1.165) is 5.56 Å². The molecule has 1 amide bonds. The van der Waals surface area contributed by atoms with Gasteiger partial charge in [0.05, 0.1) is 18.7 Å². The summed E-state index contributed by atoms with van der Waals surface area (Å²) in [6, 6.07) is 11.9. The zero-order valence-corrected chi connectivity index (χ0v) is 13.4. The molecule has 0 radical (unpaired) electrons. The molecule has 0 saturated heterocycles. The number of nitrogens with one attached hydrogen (secondary N) is 1. The van der Waals surface area contributed by atoms with Crippen molar-refractivity contribution >= 4 is 11.9 Å². The Morgan fingerprint density at radius 2 is 1.71 bits per heavy atom. The van der Waals surface area contributed by atoms with Gasteiger partial charge in [-0.05, 0) is 48.9 Å². The van der Waals surface area contributed by atoms with Gasteiger partial charge in [-0.1, -0.05) is 12.1 Å². The smallest absolute Gasteiger partial charge is 0.338 e. The number of esters is 1. The summed E-state index contributed by atoms with van der Waals surface area (Å²) in [7, 11) is 1.53. The highest BCUT2D eigenvalue weighted by atomic mass is 19.1. The molecule has 126 valence electrons. The Kier molecular flexibility index (Phi) is 5.89. The zero-order chi connectivity index (χ0) is 17.5. The van der Waals surface area contributed by atoms with Gasteiger partial charge in [-0.15, -0.1) is 0 Å². The molecule has 0 heterocycles. The highest BCUT2D eigenvalue weighted by Crippen LogP contribution is 2.13. The lowest BCUT2D eigenvalue weighted by Gasteiger charge is -2.14. The summed E-state index contributed by atoms with van der Waals surface area (Å²) in [5.41, 5.74) is 1.08. The van der Waals surface area contributed by atoms with Gasteiger partial charge in [0.1, 0.15) is 11.6 Å². The maximum atomic E-state index is 12.9. The molecule has 0 aliphatic rings. The van der Waals surface area contributed by atoms with Crippen molar-refractivity contribution in [3.63, 3.8) is 0 Å². The number of methoxy groups -OCH3 is 1. The summed E-state index contributed by atoms with van der Waals surface area (Å²) in [6.45, 7) is 1.37. The minimum Gasteiger partial charge on any atom is -0.497 e. The Labute approximate surface area is 139 Å². The van der Waals surface area contributed by atoms with Crippen LogP contribution in [0.4, 0.5) is 4.39 Å². The number of amides is 1. The Balaban J connectivity index is 1.83. The van der Waals surface area contributed by atoms with Crippen LogP contribution in [-0.2, 0) is 9.53 Å². The number of hydrogen-bond donors (Lipinski definition) is 1. The van der Waals surface area contributed by atoms with Crippen LogP contribution in [0, 0.1) is 5.82 Å². The molecular weight excluding hydrogens is 313 g/mol. The number of ether oxygens (including phenoxy) is 2. The van der Waals surface area contributed by atoms with Crippen molar-refractivity contribution in [3.05, 3.63) is 65.5 Å². The van der Waals surface area contributed by atoms with Gasteiger partial charge in [-0.3, -0.25) is 4.79 Å². The topological polar surface area (TPSA) is 64.6 Å². The van der Waals surface area contributed by atoms with Crippen LogP contribution in [0.5, 0.6) is 5.75 Å². The molecule has 0 bridgehead atoms. The van der Waals surface area contributed by atoms with E-state index in [4.69, 9.17) is 9.47 Å². The third kappa shape index (κ3) is 4.81. The van der Waals surface area contributed by atoms with Gasteiger partial charge < -0.3 is 14.8 Å². The van der Waals surface area contributed by atoms with Gasteiger partial charge in [-0.25, -0.2) is 9.18 Å². The number of hydrogen-bond acceptors (Lipinski definition) is 4. The Morgan fingerprint density at radius 1 is 1.08 bits per heavy atom. The largest absolute Gasteiger partial charge is 0.497 e. The van der Waals surface area contributed by atoms with E-state index in [0.29, 0.717) is 11.3 Å². The summed E-state index contributed by atoms with van der Waals surface area (Å²) in [5.74, 6) is -0.751. The predicted octanol–water partition coefficient (Wildman–Crippen LogP) is 2.87. The first-order valence-corrected chi connectivity index (χ1v) is 7.35. The predicted molar refractivity (Wildman–Crippen MR) is 86.2 cm³/mol. The zero-order valence-electron chi connectivity index (χ0n) is 13.4. The number of carbonyl (C=O) groups is 2. The first-order chi connectivity index (χ1) is 11.5. The summed E-state index contributed by atoms with van der Waals surface area (Å²) in [4.78, 5) is 23.7. The Morgan fingerprint density at radius 3 is 2.29 bits per heavy atom. The molecule has 0 saturated carbocycles. The molecule has 0 aliphatic carbocycles. The molecule has 2 aromatic rings. The standard InChI is InChI=1S/C18H18FNO4/c1-12(13-3-7-15(19)8-4-13)20-17(21)11-24-18(22)14-5-9-16(23-2)10-6-14/h3-10,12H,11H2,1-2H3,(H,20,21)/t12-/m1/s1. The SMILES string of the molecule is COc1ccc(C(=O)OCC(=O)N[C@H](C)c2ccc(F)cc2)cc1. The molecule has 24 heavy (non-hydrogen) atoms. The minimum atomic E-state index is -0.595. The molecule has 0 fully saturated rings. The van der Waals surface area contributed by atoms with Gasteiger partial charge in [-0.2, -0.15) is 0 Å². The molecule has 1 N–H and O–H groups in total. The van der Waals surface area contributed by atoms with Gasteiger partial charge in [0.2, 0.25) is 0 Å². The Bertz CT molecular complexity index is 698. The number of carbonyl (C=O) groups excluding carboxylic acids is 2. The maximum Gasteiger partial charge on any atom is 0.338 e. The van der Waals surface area contributed by atoms with E-state index in [9.17, 15) is 14.0 Å². The average molecular weight is 331 g/mol. The van der Waals surface area contributed by atoms with Crippen molar-refractivity contribution in [3.8, 4) is 5.75 Å². The summed E-state index contributed by atoms with van der Waals surface area (Å²) in [5, 5.41) is 2.68. The molecule has 0 aromatic heterocycles. The highest BCUT2D eigenvalue weighted by Gasteiger charge is 2.13. The van der Waals surface area contributed by atoms with E-state index in [2.05, 4.69) is 5.32 Å². The molecule has 0 spiro atoms. The lowest BCUT2D eigenvalue weighted by atomic mass is 10.1. The van der Waals surface area contributed by atoms with E-state index in [1.54, 1.807) is 43.3 Å². The average Bonchev–Trinajstić information content (AvgIpc) is 2.60. The normalized spacial score (nSPS) is 11.5. The maximum absolute atomic E-state index is 12.9. The van der Waals surface area contributed by atoms with Crippen molar-refractivity contribution < 1.29 is 23.5 Å². The molecule has 6 heteroatoms. The molecule has 1 atom stereocenters. The van der Waals surface area contributed by atoms with Crippen molar-refractivity contribution in [2.24, 2.45) is 0 Å². The van der Waals surface area contributed by atoms with Crippen molar-refractivity contribution in [1.82, 2.24) is 5.32 Å². The second kappa shape index (κ2) is 8.10. The van der Waals surface area contributed by atoms with Crippen LogP contribution in [0.25, 0.3) is 0 Å². The lowest BCUT2D eigenvalue weighted by molar-refractivity contribution is -0.124. The van der Waals surface area contributed by atoms with Gasteiger partial charge in [0.25, 0.3) is 5.91 Å². The monoisotopic (exact) mass is 331 g/mol. The van der Waals surface area contributed by atoms with Crippen LogP contribution in [0.1, 0.15) is 28.9 Å². The fourth-order valence-electron chi connectivity index (χ4n) is 2.06. The van der Waals surface area contributed by atoms with Gasteiger partial charge >= 0.3 is 5.97 Å². The number of rotatable bonds is 6. The van der Waals surface area contributed by atoms with E-state index < -0.39 is 18.5 Å². The number of benzene rings is 2. The fraction of sp³-hybridized carbons (Fsp3) is 0.222. The summed E-state index contributed by atoms with van der Waals surface area (Å²) >= 11 is 0. The van der Waals surface area contributed by atoms with E-state index in [1.807, 2.05) is 0 Å². The molecule has 0 aliphatic heterocycles. The van der Waals surface area contributed by atoms with Crippen LogP contribution in [0.15, 0.2) is 48.5 Å². The summed E-state index contributed by atoms with van der Waals surface area (Å²) in [6.07, 6.45) is 0. The van der Waals surface area contributed by atoms with Crippen LogP contribution in [0.2, 0.25) is 0 Å². The molecular formula is C18H18FNO4. The van der Waals surface area contributed by atoms with Crippen molar-refractivity contribution in [1.29, 1.82) is 0 Å². The minimum absolute atomic E-state index is 0.321. The van der Waals surface area contributed by atoms with Crippen LogP contribution in [-0.4, -0.2) is 25.6 Å². The second-order valence-corrected chi connectivity index (χ2v) is 5.15. The van der Waals surface area contributed by atoms with E-state index in [-0.39, 0.29) is 11.9 Å². The van der Waals surface area contributed by atoms with Crippen LogP contribution in [0.3, 0.4) is 0 Å². The van der Waals surface area contributed by atoms with Crippen molar-refractivity contribution in [2.75, 3.05) is 13.7 Å². The molecule has 5 nitrogen and oxygen atoms in total. The third-order valence-electron chi connectivity index (χ3n) is 3.41. The van der Waals surface area contributed by atoms with Crippen LogP contribution >= 0.6 is 0 Å². The molecule has 0 unspecified atom stereocenters. The second-order valence-electron chi connectivity index (χ2n) is 5.15. The van der Waals surface area contributed by atoms with E-state index in [1.165, 1.54) is 19.2 Å². The van der Waals surface area contributed by atoms with Gasteiger partial charge in [0.15, 0.2) is 6.61 Å². The Hall–Kier alpha value is -2.89. The number of halogens is 1. The van der Waals surface area contributed by atoms with Gasteiger partial charge in [0, 0.05) is 0 Å². The van der Waals surface area contributed by atoms with Crippen molar-refractivity contribution in [2.45, 2.75) is 13.0 Å². The van der Waals surface area contributed by atoms with E-state index >= 15 is 0 Å². The quantitative estimate of drug-likeness (QED) is 0.827. The third-order valence-corrected chi connectivity index (χ3v) is 3.41. The first-order valence-electron chi connectivity index (χ1n) is 7.35.